The van der Waals surface area contributed by atoms with Gasteiger partial charge in [0.05, 0.1) is 13.2 Å². The highest BCUT2D eigenvalue weighted by Gasteiger charge is 2.58. The number of rotatable bonds is 10. The summed E-state index contributed by atoms with van der Waals surface area (Å²) in [6.45, 7) is 2.54. The molecular weight excluding hydrogens is 556 g/mol. The molecule has 1 saturated carbocycles. The van der Waals surface area contributed by atoms with Crippen molar-refractivity contribution in [2.75, 3.05) is 25.1 Å². The van der Waals surface area contributed by atoms with Crippen LogP contribution in [0.4, 0.5) is 15.3 Å². The number of benzene rings is 2. The highest BCUT2D eigenvalue weighted by molar-refractivity contribution is 6.06. The molecule has 3 atom stereocenters. The van der Waals surface area contributed by atoms with Crippen LogP contribution in [0, 0.1) is 11.8 Å². The zero-order valence-corrected chi connectivity index (χ0v) is 23.8. The van der Waals surface area contributed by atoms with Gasteiger partial charge in [-0.3, -0.25) is 14.4 Å². The van der Waals surface area contributed by atoms with Crippen molar-refractivity contribution in [1.29, 1.82) is 0 Å². The Bertz CT molecular complexity index is 1460. The monoisotopic (exact) mass is 590 g/mol. The average Bonchev–Trinajstić information content (AvgIpc) is 3.71. The number of amides is 5. The number of hydrogen-bond donors (Lipinski definition) is 3. The third-order valence-electron chi connectivity index (χ3n) is 8.93. The van der Waals surface area contributed by atoms with Gasteiger partial charge in [-0.25, -0.2) is 14.5 Å². The first kappa shape index (κ1) is 28.7. The van der Waals surface area contributed by atoms with E-state index in [9.17, 15) is 24.0 Å². The third kappa shape index (κ3) is 5.54. The lowest BCUT2D eigenvalue weighted by atomic mass is 9.94. The number of nitrogens with one attached hydrogen (secondary N) is 2. The summed E-state index contributed by atoms with van der Waals surface area (Å²) in [6.07, 6.45) is 0.539. The zero-order chi connectivity index (χ0) is 30.3. The number of aryl methyl sites for hydroxylation is 1. The number of anilines is 1. The minimum absolute atomic E-state index is 0.0293. The fourth-order valence-electron chi connectivity index (χ4n) is 6.23. The number of nitrogens with zero attached hydrogens (tertiary/aromatic N) is 2. The van der Waals surface area contributed by atoms with Crippen LogP contribution >= 0.6 is 0 Å². The molecule has 43 heavy (non-hydrogen) atoms. The molecule has 3 fully saturated rings. The molecule has 2 saturated heterocycles. The van der Waals surface area contributed by atoms with Gasteiger partial charge < -0.3 is 30.1 Å². The number of fused-ring (bicyclic) bond motifs is 2. The van der Waals surface area contributed by atoms with Crippen molar-refractivity contribution in [1.82, 2.24) is 15.1 Å². The average molecular weight is 591 g/mol. The van der Waals surface area contributed by atoms with Crippen LogP contribution in [0.15, 0.2) is 48.5 Å². The van der Waals surface area contributed by atoms with Gasteiger partial charge in [-0.1, -0.05) is 36.4 Å². The van der Waals surface area contributed by atoms with Crippen molar-refractivity contribution < 1.29 is 38.6 Å². The molecule has 0 aromatic heterocycles. The maximum atomic E-state index is 13.8. The van der Waals surface area contributed by atoms with Crippen molar-refractivity contribution in [3.63, 3.8) is 0 Å². The fraction of sp³-hybridized carbons (Fsp3) is 0.452. The quantitative estimate of drug-likeness (QED) is 0.382. The SMILES string of the molecule is C[C@@H](C1CC1)N(Cc1ccccc1)C(=O)CN1C(=O)OC2(CCc3cc(NC(=O)[C@H](NC(=O)O)C4COC4)ccc32)C1=O. The minimum Gasteiger partial charge on any atom is -0.465 e. The smallest absolute Gasteiger partial charge is 0.418 e. The molecular formula is C31H34N4O8. The third-order valence-corrected chi connectivity index (χ3v) is 8.93. The van der Waals surface area contributed by atoms with E-state index < -0.39 is 42.2 Å². The largest absolute Gasteiger partial charge is 0.465 e. The summed E-state index contributed by atoms with van der Waals surface area (Å²) in [5.41, 5.74) is 1.09. The van der Waals surface area contributed by atoms with Crippen molar-refractivity contribution in [3.8, 4) is 0 Å². The second-order valence-electron chi connectivity index (χ2n) is 11.8. The van der Waals surface area contributed by atoms with E-state index >= 15 is 0 Å². The Morgan fingerprint density at radius 3 is 2.49 bits per heavy atom. The first-order valence-electron chi connectivity index (χ1n) is 14.6. The number of hydrogen-bond acceptors (Lipinski definition) is 7. The molecule has 226 valence electrons. The molecule has 12 heteroatoms. The number of carbonyl (C=O) groups excluding carboxylic acids is 4. The molecule has 6 rings (SSSR count). The second-order valence-corrected chi connectivity index (χ2v) is 11.8. The van der Waals surface area contributed by atoms with Gasteiger partial charge in [-0.15, -0.1) is 0 Å². The Kier molecular flexibility index (Phi) is 7.55. The number of carboxylic acid groups (broad SMARTS) is 1. The van der Waals surface area contributed by atoms with Gasteiger partial charge in [0.25, 0.3) is 5.91 Å². The molecule has 1 unspecified atom stereocenters. The Morgan fingerprint density at radius 2 is 1.84 bits per heavy atom. The summed E-state index contributed by atoms with van der Waals surface area (Å²) < 4.78 is 10.8. The summed E-state index contributed by atoms with van der Waals surface area (Å²) in [6, 6.07) is 13.5. The first-order chi connectivity index (χ1) is 20.7. The molecule has 2 aliphatic heterocycles. The van der Waals surface area contributed by atoms with Gasteiger partial charge in [-0.2, -0.15) is 0 Å². The summed E-state index contributed by atoms with van der Waals surface area (Å²) >= 11 is 0. The van der Waals surface area contributed by atoms with E-state index in [1.807, 2.05) is 37.3 Å². The van der Waals surface area contributed by atoms with Gasteiger partial charge >= 0.3 is 12.2 Å². The fourth-order valence-corrected chi connectivity index (χ4v) is 6.23. The predicted octanol–water partition coefficient (Wildman–Crippen LogP) is 2.86. The zero-order valence-electron chi connectivity index (χ0n) is 23.8. The van der Waals surface area contributed by atoms with Crippen LogP contribution in [0.1, 0.15) is 42.9 Å². The van der Waals surface area contributed by atoms with Crippen LogP contribution in [-0.2, 0) is 42.4 Å². The van der Waals surface area contributed by atoms with Crippen LogP contribution in [0.5, 0.6) is 0 Å². The van der Waals surface area contributed by atoms with Gasteiger partial charge in [0.2, 0.25) is 17.4 Å². The van der Waals surface area contributed by atoms with Crippen LogP contribution in [0.2, 0.25) is 0 Å². The second kappa shape index (κ2) is 11.3. The van der Waals surface area contributed by atoms with Gasteiger partial charge in [0, 0.05) is 36.2 Å². The highest BCUT2D eigenvalue weighted by atomic mass is 16.6. The van der Waals surface area contributed by atoms with Gasteiger partial charge in [0.15, 0.2) is 0 Å². The number of carbonyl (C=O) groups is 5. The maximum Gasteiger partial charge on any atom is 0.418 e. The van der Waals surface area contributed by atoms with Crippen molar-refractivity contribution in [2.45, 2.75) is 56.8 Å². The molecule has 0 radical (unpaired) electrons. The van der Waals surface area contributed by atoms with Crippen LogP contribution in [0.3, 0.4) is 0 Å². The molecule has 2 aromatic carbocycles. The molecule has 2 heterocycles. The van der Waals surface area contributed by atoms with Gasteiger partial charge in [-0.05, 0) is 55.4 Å². The van der Waals surface area contributed by atoms with Crippen LogP contribution in [0.25, 0.3) is 0 Å². The Balaban J connectivity index is 1.16. The maximum absolute atomic E-state index is 13.8. The topological polar surface area (TPSA) is 155 Å². The summed E-state index contributed by atoms with van der Waals surface area (Å²) in [4.78, 5) is 67.2. The lowest BCUT2D eigenvalue weighted by Gasteiger charge is -2.32. The standard InChI is InChI=1S/C31H34N4O8/c1-18(20-7-8-20)34(14-19-5-3-2-4-6-19)25(36)15-35-28(38)31(43-30(35)41)12-11-21-13-23(9-10-24(21)31)32-27(37)26(33-29(39)40)22-16-42-17-22/h2-6,9-10,13,18,20,22,26,33H,7-8,11-12,14-17H2,1H3,(H,32,37)(H,39,40)/t18-,26+,31?/m0/s1. The summed E-state index contributed by atoms with van der Waals surface area (Å²) in [5, 5.41) is 14.1. The van der Waals surface area contributed by atoms with E-state index in [1.165, 1.54) is 0 Å². The van der Waals surface area contributed by atoms with Crippen LogP contribution < -0.4 is 10.6 Å². The molecule has 0 bridgehead atoms. The minimum atomic E-state index is -1.53. The van der Waals surface area contributed by atoms with E-state index in [0.29, 0.717) is 30.1 Å². The Labute approximate surface area is 248 Å². The van der Waals surface area contributed by atoms with E-state index in [-0.39, 0.29) is 37.5 Å². The van der Waals surface area contributed by atoms with E-state index in [2.05, 4.69) is 10.6 Å². The van der Waals surface area contributed by atoms with Crippen molar-refractivity contribution in [3.05, 3.63) is 65.2 Å². The highest BCUT2D eigenvalue weighted by Crippen LogP contribution is 2.46. The Morgan fingerprint density at radius 1 is 1.09 bits per heavy atom. The molecule has 4 aliphatic rings. The first-order valence-corrected chi connectivity index (χ1v) is 14.6. The van der Waals surface area contributed by atoms with Gasteiger partial charge in [0.1, 0.15) is 12.6 Å². The summed E-state index contributed by atoms with van der Waals surface area (Å²) in [7, 11) is 0. The Hall–Kier alpha value is -4.45. The molecule has 12 nitrogen and oxygen atoms in total. The summed E-state index contributed by atoms with van der Waals surface area (Å²) in [5.74, 6) is -1.28. The van der Waals surface area contributed by atoms with Crippen molar-refractivity contribution >= 4 is 35.6 Å². The lowest BCUT2D eigenvalue weighted by Crippen LogP contribution is -2.54. The molecule has 2 aromatic rings. The molecule has 1 spiro atoms. The van der Waals surface area contributed by atoms with Crippen molar-refractivity contribution in [2.24, 2.45) is 11.8 Å². The molecule has 3 N–H and O–H groups in total. The van der Waals surface area contributed by atoms with E-state index in [1.54, 1.807) is 23.1 Å². The normalized spacial score (nSPS) is 22.4. The lowest BCUT2D eigenvalue weighted by molar-refractivity contribution is -0.143. The predicted molar refractivity (Wildman–Crippen MR) is 152 cm³/mol. The number of ether oxygens (including phenoxy) is 2. The number of imide groups is 1. The van der Waals surface area contributed by atoms with Crippen LogP contribution in [-0.4, -0.2) is 76.7 Å². The van der Waals surface area contributed by atoms with E-state index in [0.717, 1.165) is 28.9 Å². The molecule has 5 amide bonds. The van der Waals surface area contributed by atoms with E-state index in [4.69, 9.17) is 14.6 Å². The molecule has 2 aliphatic carbocycles.